The molecule has 0 fully saturated rings. The van der Waals surface area contributed by atoms with Gasteiger partial charge in [-0.25, -0.2) is 4.79 Å². The van der Waals surface area contributed by atoms with E-state index in [2.05, 4.69) is 5.32 Å². The van der Waals surface area contributed by atoms with Crippen molar-refractivity contribution in [2.24, 2.45) is 0 Å². The van der Waals surface area contributed by atoms with E-state index in [1.165, 1.54) is 11.3 Å². The number of fused-ring (bicyclic) bond motifs is 1. The molecule has 2 aromatic rings. The molecule has 0 bridgehead atoms. The summed E-state index contributed by atoms with van der Waals surface area (Å²) >= 11 is 1.31. The molecule has 0 spiro atoms. The van der Waals surface area contributed by atoms with Crippen LogP contribution in [0.15, 0.2) is 24.3 Å². The Morgan fingerprint density at radius 1 is 1.26 bits per heavy atom. The molecule has 1 aromatic heterocycles. The molecular weight excluding hydrogens is 314 g/mol. The van der Waals surface area contributed by atoms with E-state index >= 15 is 0 Å². The van der Waals surface area contributed by atoms with Gasteiger partial charge < -0.3 is 19.9 Å². The van der Waals surface area contributed by atoms with Crippen molar-refractivity contribution >= 4 is 17.3 Å². The summed E-state index contributed by atoms with van der Waals surface area (Å²) in [6, 6.07) is 7.64. The summed E-state index contributed by atoms with van der Waals surface area (Å²) in [5.74, 6) is 0.732. The molecule has 1 aliphatic heterocycles. The number of carbonyl (C=O) groups is 1. The second-order valence-corrected chi connectivity index (χ2v) is 6.65. The van der Waals surface area contributed by atoms with Crippen LogP contribution in [0.3, 0.4) is 0 Å². The summed E-state index contributed by atoms with van der Waals surface area (Å²) in [4.78, 5) is 12.4. The first-order valence-electron chi connectivity index (χ1n) is 7.56. The number of thiophene rings is 1. The predicted octanol–water partition coefficient (Wildman–Crippen LogP) is 3.21. The maximum absolute atomic E-state index is 11.0. The number of aromatic carboxylic acids is 1. The third kappa shape index (κ3) is 3.65. The number of carboxylic acids is 1. The molecule has 2 N–H and O–H groups in total. The number of para-hydroxylation sites is 1. The molecule has 23 heavy (non-hydrogen) atoms. The number of nitrogens with one attached hydrogen (secondary N) is 1. The van der Waals surface area contributed by atoms with Crippen LogP contribution in [0.5, 0.6) is 11.5 Å². The number of benzene rings is 1. The Balaban J connectivity index is 1.66. The Morgan fingerprint density at radius 2 is 2.04 bits per heavy atom. The summed E-state index contributed by atoms with van der Waals surface area (Å²) in [5.41, 5.74) is 2.07. The molecule has 3 rings (SSSR count). The van der Waals surface area contributed by atoms with E-state index in [1.807, 2.05) is 25.1 Å². The molecule has 1 aliphatic rings. The molecule has 0 saturated carbocycles. The van der Waals surface area contributed by atoms with E-state index in [0.29, 0.717) is 31.2 Å². The van der Waals surface area contributed by atoms with Gasteiger partial charge in [-0.3, -0.25) is 0 Å². The molecule has 1 aromatic carbocycles. The number of aryl methyl sites for hydroxylation is 1. The van der Waals surface area contributed by atoms with Crippen molar-refractivity contribution in [2.45, 2.75) is 26.4 Å². The van der Waals surface area contributed by atoms with Gasteiger partial charge in [0.05, 0.1) is 13.2 Å². The minimum atomic E-state index is -0.872. The van der Waals surface area contributed by atoms with Crippen LogP contribution in [0.25, 0.3) is 0 Å². The van der Waals surface area contributed by atoms with E-state index in [4.69, 9.17) is 14.6 Å². The molecule has 6 heteroatoms. The van der Waals surface area contributed by atoms with Gasteiger partial charge in [0.15, 0.2) is 11.5 Å². The van der Waals surface area contributed by atoms with E-state index in [0.717, 1.165) is 33.9 Å². The summed E-state index contributed by atoms with van der Waals surface area (Å²) < 4.78 is 11.5. The maximum Gasteiger partial charge on any atom is 0.345 e. The Morgan fingerprint density at radius 3 is 2.83 bits per heavy atom. The SMILES string of the molecule is Cc1sc(C(=O)O)cc1CNCc1cccc2c1OCCCO2. The normalized spacial score (nSPS) is 13.6. The molecule has 0 unspecified atom stereocenters. The topological polar surface area (TPSA) is 67.8 Å². The van der Waals surface area contributed by atoms with Crippen LogP contribution in [0, 0.1) is 6.92 Å². The average Bonchev–Trinajstić information content (AvgIpc) is 2.75. The number of carboxylic acid groups (broad SMARTS) is 1. The van der Waals surface area contributed by atoms with Crippen LogP contribution in [0.1, 0.15) is 32.1 Å². The van der Waals surface area contributed by atoms with Gasteiger partial charge in [-0.15, -0.1) is 11.3 Å². The van der Waals surface area contributed by atoms with Crippen molar-refractivity contribution in [1.82, 2.24) is 5.32 Å². The lowest BCUT2D eigenvalue weighted by atomic mass is 10.1. The zero-order valence-corrected chi connectivity index (χ0v) is 13.7. The maximum atomic E-state index is 11.0. The van der Waals surface area contributed by atoms with Crippen molar-refractivity contribution in [3.63, 3.8) is 0 Å². The van der Waals surface area contributed by atoms with Gasteiger partial charge in [0, 0.05) is 30.0 Å². The second-order valence-electron chi connectivity index (χ2n) is 5.40. The molecule has 0 saturated heterocycles. The molecule has 2 heterocycles. The van der Waals surface area contributed by atoms with Gasteiger partial charge in [-0.2, -0.15) is 0 Å². The van der Waals surface area contributed by atoms with Gasteiger partial charge in [-0.1, -0.05) is 12.1 Å². The second kappa shape index (κ2) is 7.02. The molecule has 0 radical (unpaired) electrons. The number of hydrogen-bond donors (Lipinski definition) is 2. The van der Waals surface area contributed by atoms with Gasteiger partial charge in [0.2, 0.25) is 0 Å². The number of ether oxygens (including phenoxy) is 2. The first-order chi connectivity index (χ1) is 11.1. The lowest BCUT2D eigenvalue weighted by Gasteiger charge is -2.13. The van der Waals surface area contributed by atoms with E-state index in [-0.39, 0.29) is 0 Å². The summed E-state index contributed by atoms with van der Waals surface area (Å²) in [5, 5.41) is 12.4. The van der Waals surface area contributed by atoms with Gasteiger partial charge in [-0.05, 0) is 24.6 Å². The van der Waals surface area contributed by atoms with E-state index in [1.54, 1.807) is 6.07 Å². The molecule has 0 atom stereocenters. The highest BCUT2D eigenvalue weighted by Gasteiger charge is 2.15. The number of hydrogen-bond acceptors (Lipinski definition) is 5. The van der Waals surface area contributed by atoms with Crippen LogP contribution in [-0.4, -0.2) is 24.3 Å². The smallest absolute Gasteiger partial charge is 0.345 e. The lowest BCUT2D eigenvalue weighted by Crippen LogP contribution is -2.14. The van der Waals surface area contributed by atoms with Crippen LogP contribution < -0.4 is 14.8 Å². The molecular formula is C17H19NO4S. The fourth-order valence-corrected chi connectivity index (χ4v) is 3.41. The third-order valence-electron chi connectivity index (χ3n) is 3.72. The summed E-state index contributed by atoms with van der Waals surface area (Å²) in [6.07, 6.45) is 0.883. The van der Waals surface area contributed by atoms with Crippen molar-refractivity contribution in [3.8, 4) is 11.5 Å². The first kappa shape index (κ1) is 15.8. The zero-order valence-electron chi connectivity index (χ0n) is 12.9. The standard InChI is InChI=1S/C17H19NO4S/c1-11-13(8-15(23-11)17(19)20)10-18-9-12-4-2-5-14-16(12)22-7-3-6-21-14/h2,4-5,8,18H,3,6-7,9-10H2,1H3,(H,19,20). The van der Waals surface area contributed by atoms with Crippen LogP contribution in [0.4, 0.5) is 0 Å². The Bertz CT molecular complexity index is 711. The molecule has 0 aliphatic carbocycles. The Hall–Kier alpha value is -2.05. The van der Waals surface area contributed by atoms with Gasteiger partial charge in [0.25, 0.3) is 0 Å². The highest BCUT2D eigenvalue weighted by atomic mass is 32.1. The van der Waals surface area contributed by atoms with Crippen LogP contribution in [-0.2, 0) is 13.1 Å². The molecule has 0 amide bonds. The number of rotatable bonds is 5. The van der Waals surface area contributed by atoms with Gasteiger partial charge >= 0.3 is 5.97 Å². The van der Waals surface area contributed by atoms with Crippen molar-refractivity contribution in [3.05, 3.63) is 45.1 Å². The predicted molar refractivity (Wildman–Crippen MR) is 88.6 cm³/mol. The van der Waals surface area contributed by atoms with Crippen molar-refractivity contribution < 1.29 is 19.4 Å². The Kier molecular flexibility index (Phi) is 4.83. The van der Waals surface area contributed by atoms with Crippen LogP contribution >= 0.6 is 11.3 Å². The fourth-order valence-electron chi connectivity index (χ4n) is 2.53. The largest absolute Gasteiger partial charge is 0.490 e. The first-order valence-corrected chi connectivity index (χ1v) is 8.37. The van der Waals surface area contributed by atoms with Crippen LogP contribution in [0.2, 0.25) is 0 Å². The Labute approximate surface area is 138 Å². The highest BCUT2D eigenvalue weighted by Crippen LogP contribution is 2.33. The van der Waals surface area contributed by atoms with Crippen molar-refractivity contribution in [1.29, 1.82) is 0 Å². The quantitative estimate of drug-likeness (QED) is 0.879. The fraction of sp³-hybridized carbons (Fsp3) is 0.353. The molecule has 5 nitrogen and oxygen atoms in total. The van der Waals surface area contributed by atoms with Crippen molar-refractivity contribution in [2.75, 3.05) is 13.2 Å². The zero-order chi connectivity index (χ0) is 16.2. The summed E-state index contributed by atoms with van der Waals surface area (Å²) in [7, 11) is 0. The highest BCUT2D eigenvalue weighted by molar-refractivity contribution is 7.14. The monoisotopic (exact) mass is 333 g/mol. The minimum absolute atomic E-state index is 0.379. The average molecular weight is 333 g/mol. The minimum Gasteiger partial charge on any atom is -0.490 e. The van der Waals surface area contributed by atoms with E-state index in [9.17, 15) is 4.79 Å². The lowest BCUT2D eigenvalue weighted by molar-refractivity contribution is 0.0702. The molecule has 122 valence electrons. The third-order valence-corrected chi connectivity index (χ3v) is 4.80. The van der Waals surface area contributed by atoms with Gasteiger partial charge in [0.1, 0.15) is 4.88 Å². The van der Waals surface area contributed by atoms with E-state index < -0.39 is 5.97 Å². The summed E-state index contributed by atoms with van der Waals surface area (Å²) in [6.45, 7) is 4.55.